The van der Waals surface area contributed by atoms with Crippen molar-refractivity contribution in [3.63, 3.8) is 0 Å². The molecule has 6 heteroatoms. The predicted octanol–water partition coefficient (Wildman–Crippen LogP) is 2.41. The fourth-order valence-electron chi connectivity index (χ4n) is 4.23. The van der Waals surface area contributed by atoms with Crippen molar-refractivity contribution in [3.05, 3.63) is 11.9 Å². The van der Waals surface area contributed by atoms with Crippen molar-refractivity contribution in [2.45, 2.75) is 70.8 Å². The Hall–Kier alpha value is -1.43. The van der Waals surface area contributed by atoms with Crippen molar-refractivity contribution in [2.75, 3.05) is 19.7 Å². The summed E-state index contributed by atoms with van der Waals surface area (Å²) in [7, 11) is 0. The van der Waals surface area contributed by atoms with Gasteiger partial charge in [-0.3, -0.25) is 9.48 Å². The van der Waals surface area contributed by atoms with Gasteiger partial charge in [0.25, 0.3) is 0 Å². The summed E-state index contributed by atoms with van der Waals surface area (Å²) in [4.78, 5) is 14.7. The van der Waals surface area contributed by atoms with E-state index in [2.05, 4.69) is 15.2 Å². The molecule has 6 nitrogen and oxygen atoms in total. The SMILES string of the molecule is O=C(CC1CCCCCC1)N1CCC(Cn2cc(CCO)nn2)CC1. The van der Waals surface area contributed by atoms with Crippen LogP contribution in [0.2, 0.25) is 0 Å². The minimum atomic E-state index is 0.111. The van der Waals surface area contributed by atoms with Crippen LogP contribution in [0.5, 0.6) is 0 Å². The van der Waals surface area contributed by atoms with E-state index in [9.17, 15) is 4.79 Å². The molecule has 1 aromatic rings. The fourth-order valence-corrected chi connectivity index (χ4v) is 4.23. The van der Waals surface area contributed by atoms with Crippen molar-refractivity contribution in [1.29, 1.82) is 0 Å². The summed E-state index contributed by atoms with van der Waals surface area (Å²) in [6.45, 7) is 2.74. The zero-order valence-corrected chi connectivity index (χ0v) is 15.3. The van der Waals surface area contributed by atoms with Crippen LogP contribution in [-0.4, -0.2) is 50.6 Å². The van der Waals surface area contributed by atoms with Gasteiger partial charge < -0.3 is 10.0 Å². The summed E-state index contributed by atoms with van der Waals surface area (Å²) >= 11 is 0. The van der Waals surface area contributed by atoms with Crippen LogP contribution in [-0.2, 0) is 17.8 Å². The van der Waals surface area contributed by atoms with Gasteiger partial charge in [0, 0.05) is 45.3 Å². The molecule has 0 aromatic carbocycles. The number of likely N-dealkylation sites (tertiary alicyclic amines) is 1. The van der Waals surface area contributed by atoms with E-state index < -0.39 is 0 Å². The van der Waals surface area contributed by atoms with Gasteiger partial charge in [-0.25, -0.2) is 0 Å². The van der Waals surface area contributed by atoms with Crippen molar-refractivity contribution in [1.82, 2.24) is 19.9 Å². The lowest BCUT2D eigenvalue weighted by atomic mass is 9.93. The molecule has 1 aliphatic carbocycles. The van der Waals surface area contributed by atoms with Crippen LogP contribution in [0, 0.1) is 11.8 Å². The van der Waals surface area contributed by atoms with Gasteiger partial charge in [0.05, 0.1) is 5.69 Å². The van der Waals surface area contributed by atoms with E-state index in [0.29, 0.717) is 24.2 Å². The highest BCUT2D eigenvalue weighted by Crippen LogP contribution is 2.27. The van der Waals surface area contributed by atoms with Crippen LogP contribution < -0.4 is 0 Å². The Morgan fingerprint density at radius 1 is 1.08 bits per heavy atom. The van der Waals surface area contributed by atoms with E-state index in [1.165, 1.54) is 38.5 Å². The molecule has 2 aliphatic rings. The van der Waals surface area contributed by atoms with E-state index in [1.807, 2.05) is 10.9 Å². The molecule has 0 spiro atoms. The molecule has 25 heavy (non-hydrogen) atoms. The molecule has 0 radical (unpaired) electrons. The topological polar surface area (TPSA) is 71.2 Å². The van der Waals surface area contributed by atoms with Gasteiger partial charge in [0.1, 0.15) is 0 Å². The molecule has 0 bridgehead atoms. The summed E-state index contributed by atoms with van der Waals surface area (Å²) in [6, 6.07) is 0. The maximum atomic E-state index is 12.6. The highest BCUT2D eigenvalue weighted by Gasteiger charge is 2.25. The normalized spacial score (nSPS) is 20.6. The molecule has 1 aromatic heterocycles. The van der Waals surface area contributed by atoms with Crippen molar-refractivity contribution < 1.29 is 9.90 Å². The lowest BCUT2D eigenvalue weighted by Gasteiger charge is -2.32. The van der Waals surface area contributed by atoms with Crippen LogP contribution in [0.25, 0.3) is 0 Å². The zero-order valence-electron chi connectivity index (χ0n) is 15.3. The number of aliphatic hydroxyl groups is 1. The van der Waals surface area contributed by atoms with Gasteiger partial charge in [-0.2, -0.15) is 0 Å². The smallest absolute Gasteiger partial charge is 0.222 e. The van der Waals surface area contributed by atoms with Crippen LogP contribution in [0.15, 0.2) is 6.20 Å². The molecule has 2 fully saturated rings. The van der Waals surface area contributed by atoms with Gasteiger partial charge in [-0.05, 0) is 37.5 Å². The summed E-state index contributed by atoms with van der Waals surface area (Å²) in [5.41, 5.74) is 0.846. The number of rotatable bonds is 6. The van der Waals surface area contributed by atoms with Crippen molar-refractivity contribution >= 4 is 5.91 Å². The third-order valence-corrected chi connectivity index (χ3v) is 5.80. The first kappa shape index (κ1) is 18.4. The number of carbonyl (C=O) groups is 1. The van der Waals surface area contributed by atoms with Gasteiger partial charge in [0.2, 0.25) is 5.91 Å². The molecular formula is C19H32N4O2. The Kier molecular flexibility index (Phi) is 6.84. The molecular weight excluding hydrogens is 316 g/mol. The molecule has 0 atom stereocenters. The number of hydrogen-bond donors (Lipinski definition) is 1. The third-order valence-electron chi connectivity index (χ3n) is 5.80. The molecule has 1 N–H and O–H groups in total. The first-order chi connectivity index (χ1) is 12.2. The van der Waals surface area contributed by atoms with Crippen molar-refractivity contribution in [3.8, 4) is 0 Å². The number of nitrogens with zero attached hydrogens (tertiary/aromatic N) is 4. The van der Waals surface area contributed by atoms with E-state index in [1.54, 1.807) is 0 Å². The Morgan fingerprint density at radius 3 is 2.48 bits per heavy atom. The molecule has 1 amide bonds. The molecule has 1 saturated heterocycles. The number of piperidine rings is 1. The second-order valence-electron chi connectivity index (χ2n) is 7.79. The van der Waals surface area contributed by atoms with Crippen LogP contribution in [0.4, 0.5) is 0 Å². The molecule has 1 aliphatic heterocycles. The molecule has 1 saturated carbocycles. The average molecular weight is 348 g/mol. The van der Waals surface area contributed by atoms with Gasteiger partial charge >= 0.3 is 0 Å². The first-order valence-electron chi connectivity index (χ1n) is 10.0. The summed E-state index contributed by atoms with van der Waals surface area (Å²) in [6.07, 6.45) is 13.1. The molecule has 2 heterocycles. The van der Waals surface area contributed by atoms with Crippen LogP contribution in [0.1, 0.15) is 63.5 Å². The Balaban J connectivity index is 1.40. The summed E-state index contributed by atoms with van der Waals surface area (Å²) in [5.74, 6) is 1.55. The standard InChI is InChI=1S/C19H32N4O2/c24-12-9-18-15-23(21-20-18)14-17-7-10-22(11-8-17)19(25)13-16-5-3-1-2-4-6-16/h15-17,24H,1-14H2. The lowest BCUT2D eigenvalue weighted by Crippen LogP contribution is -2.40. The molecule has 0 unspecified atom stereocenters. The maximum absolute atomic E-state index is 12.6. The zero-order chi connectivity index (χ0) is 17.5. The largest absolute Gasteiger partial charge is 0.396 e. The lowest BCUT2D eigenvalue weighted by molar-refractivity contribution is -0.133. The molecule has 140 valence electrons. The Morgan fingerprint density at radius 2 is 1.80 bits per heavy atom. The van der Waals surface area contributed by atoms with Crippen molar-refractivity contribution in [2.24, 2.45) is 11.8 Å². The van der Waals surface area contributed by atoms with E-state index >= 15 is 0 Å². The van der Waals surface area contributed by atoms with Gasteiger partial charge in [0.15, 0.2) is 0 Å². The van der Waals surface area contributed by atoms with Gasteiger partial charge in [-0.15, -0.1) is 5.10 Å². The highest BCUT2D eigenvalue weighted by atomic mass is 16.3. The third kappa shape index (κ3) is 5.53. The number of amides is 1. The summed E-state index contributed by atoms with van der Waals surface area (Å²) < 4.78 is 1.89. The van der Waals surface area contributed by atoms with E-state index in [-0.39, 0.29) is 6.61 Å². The van der Waals surface area contributed by atoms with Crippen LogP contribution >= 0.6 is 0 Å². The number of aliphatic hydroxyl groups excluding tert-OH is 1. The minimum Gasteiger partial charge on any atom is -0.396 e. The second kappa shape index (κ2) is 9.32. The maximum Gasteiger partial charge on any atom is 0.222 e. The minimum absolute atomic E-state index is 0.111. The average Bonchev–Trinajstić information content (AvgIpc) is 2.89. The number of carbonyl (C=O) groups excluding carboxylic acids is 1. The fraction of sp³-hybridized carbons (Fsp3) is 0.842. The Labute approximate surface area is 150 Å². The quantitative estimate of drug-likeness (QED) is 0.802. The number of hydrogen-bond acceptors (Lipinski definition) is 4. The first-order valence-corrected chi connectivity index (χ1v) is 10.0. The summed E-state index contributed by atoms with van der Waals surface area (Å²) in [5, 5.41) is 17.2. The highest BCUT2D eigenvalue weighted by molar-refractivity contribution is 5.76. The predicted molar refractivity (Wildman–Crippen MR) is 95.9 cm³/mol. The second-order valence-corrected chi connectivity index (χ2v) is 7.79. The Bertz CT molecular complexity index is 529. The van der Waals surface area contributed by atoms with Gasteiger partial charge in [-0.1, -0.05) is 30.9 Å². The van der Waals surface area contributed by atoms with E-state index in [4.69, 9.17) is 5.11 Å². The molecule has 3 rings (SSSR count). The van der Waals surface area contributed by atoms with E-state index in [0.717, 1.165) is 44.6 Å². The number of aromatic nitrogens is 3. The monoisotopic (exact) mass is 348 g/mol. The van der Waals surface area contributed by atoms with Crippen LogP contribution in [0.3, 0.4) is 0 Å².